The summed E-state index contributed by atoms with van der Waals surface area (Å²) in [6.45, 7) is 0. The molecule has 1 aliphatic rings. The van der Waals surface area contributed by atoms with Crippen molar-refractivity contribution in [3.05, 3.63) is 11.6 Å². The number of ketones is 1. The van der Waals surface area contributed by atoms with E-state index in [1.165, 1.54) is 18.4 Å². The smallest absolute Gasteiger partial charge is 0.209 e. The highest BCUT2D eigenvalue weighted by Crippen LogP contribution is 2.19. The van der Waals surface area contributed by atoms with E-state index in [1.54, 1.807) is 0 Å². The second-order valence-electron chi connectivity index (χ2n) is 2.85. The zero-order chi connectivity index (χ0) is 8.10. The van der Waals surface area contributed by atoms with Gasteiger partial charge in [0.2, 0.25) is 5.78 Å². The average molecular weight is 148 g/mol. The molecule has 0 aromatic rings. The second kappa shape index (κ2) is 3.98. The van der Waals surface area contributed by atoms with Crippen LogP contribution in [-0.4, -0.2) is 5.78 Å². The summed E-state index contributed by atoms with van der Waals surface area (Å²) in [5, 5.41) is 0. The molecule has 0 unspecified atom stereocenters. The molecule has 0 fully saturated rings. The van der Waals surface area contributed by atoms with Crippen molar-refractivity contribution >= 4 is 5.78 Å². The van der Waals surface area contributed by atoms with Crippen LogP contribution in [0.5, 0.6) is 0 Å². The molecule has 0 aromatic carbocycles. The number of hydrogen-bond donors (Lipinski definition) is 0. The fraction of sp³-hybridized carbons (Fsp3) is 0.500. The highest BCUT2D eigenvalue weighted by atomic mass is 16.1. The van der Waals surface area contributed by atoms with Crippen LogP contribution >= 0.6 is 0 Å². The van der Waals surface area contributed by atoms with Gasteiger partial charge in [0.15, 0.2) is 0 Å². The van der Waals surface area contributed by atoms with Crippen LogP contribution in [0.1, 0.15) is 32.1 Å². The molecule has 11 heavy (non-hydrogen) atoms. The van der Waals surface area contributed by atoms with Gasteiger partial charge >= 0.3 is 0 Å². The zero-order valence-corrected chi connectivity index (χ0v) is 6.60. The molecule has 0 atom stereocenters. The summed E-state index contributed by atoms with van der Waals surface area (Å²) in [7, 11) is 0. The van der Waals surface area contributed by atoms with E-state index in [1.807, 2.05) is 0 Å². The Balaban J connectivity index is 2.43. The van der Waals surface area contributed by atoms with Gasteiger partial charge in [0.05, 0.1) is 0 Å². The van der Waals surface area contributed by atoms with Gasteiger partial charge in [-0.3, -0.25) is 4.79 Å². The Bertz CT molecular complexity index is 218. The van der Waals surface area contributed by atoms with Crippen molar-refractivity contribution in [3.63, 3.8) is 0 Å². The first-order valence-corrected chi connectivity index (χ1v) is 4.00. The summed E-state index contributed by atoms with van der Waals surface area (Å²) in [4.78, 5) is 10.8. The number of carbonyl (C=O) groups excluding carboxylic acids is 1. The Morgan fingerprint density at radius 2 is 2.45 bits per heavy atom. The minimum atomic E-state index is -0.0850. The molecule has 0 saturated heterocycles. The van der Waals surface area contributed by atoms with E-state index in [2.05, 4.69) is 12.0 Å². The number of allylic oxidation sites excluding steroid dienone is 2. The molecule has 0 aliphatic heterocycles. The lowest BCUT2D eigenvalue weighted by Crippen LogP contribution is -1.99. The minimum Gasteiger partial charge on any atom is -0.285 e. The fourth-order valence-electron chi connectivity index (χ4n) is 1.32. The molecule has 0 heterocycles. The molecule has 0 amide bonds. The van der Waals surface area contributed by atoms with Crippen molar-refractivity contribution in [3.8, 4) is 12.3 Å². The maximum absolute atomic E-state index is 10.8. The largest absolute Gasteiger partial charge is 0.285 e. The van der Waals surface area contributed by atoms with E-state index in [0.717, 1.165) is 12.8 Å². The van der Waals surface area contributed by atoms with Gasteiger partial charge < -0.3 is 0 Å². The molecule has 1 aliphatic carbocycles. The average Bonchev–Trinajstić information content (AvgIpc) is 2.06. The van der Waals surface area contributed by atoms with Gasteiger partial charge in [0.25, 0.3) is 0 Å². The molecule has 1 nitrogen and oxygen atoms in total. The third-order valence-corrected chi connectivity index (χ3v) is 1.93. The third kappa shape index (κ3) is 2.59. The lowest BCUT2D eigenvalue weighted by molar-refractivity contribution is -0.113. The molecule has 1 rings (SSSR count). The predicted molar refractivity (Wildman–Crippen MR) is 45.0 cm³/mol. The Kier molecular flexibility index (Phi) is 2.92. The first kappa shape index (κ1) is 8.07. The van der Waals surface area contributed by atoms with Crippen LogP contribution in [0.15, 0.2) is 11.6 Å². The van der Waals surface area contributed by atoms with Crippen molar-refractivity contribution in [2.24, 2.45) is 0 Å². The van der Waals surface area contributed by atoms with Gasteiger partial charge in [-0.2, -0.15) is 0 Å². The standard InChI is InChI=1S/C10H12O/c1-2-10(11)8-9-6-4-3-5-7-9/h1,6H,3-5,7-8H2. The molecule has 0 radical (unpaired) electrons. The van der Waals surface area contributed by atoms with Crippen molar-refractivity contribution in [1.82, 2.24) is 0 Å². The van der Waals surface area contributed by atoms with Crippen LogP contribution in [0.25, 0.3) is 0 Å². The van der Waals surface area contributed by atoms with Gasteiger partial charge in [0, 0.05) is 6.42 Å². The summed E-state index contributed by atoms with van der Waals surface area (Å²) in [5.41, 5.74) is 1.24. The van der Waals surface area contributed by atoms with Crippen LogP contribution in [0.2, 0.25) is 0 Å². The summed E-state index contributed by atoms with van der Waals surface area (Å²) < 4.78 is 0. The monoisotopic (exact) mass is 148 g/mol. The Morgan fingerprint density at radius 1 is 1.64 bits per heavy atom. The molecule has 0 bridgehead atoms. The van der Waals surface area contributed by atoms with Gasteiger partial charge in [-0.05, 0) is 31.6 Å². The summed E-state index contributed by atoms with van der Waals surface area (Å²) in [5.74, 6) is 2.05. The Hall–Kier alpha value is -1.03. The van der Waals surface area contributed by atoms with Crippen LogP contribution in [0.3, 0.4) is 0 Å². The summed E-state index contributed by atoms with van der Waals surface area (Å²) >= 11 is 0. The van der Waals surface area contributed by atoms with Gasteiger partial charge in [-0.25, -0.2) is 0 Å². The number of rotatable bonds is 2. The summed E-state index contributed by atoms with van der Waals surface area (Å²) in [6, 6.07) is 0. The summed E-state index contributed by atoms with van der Waals surface area (Å²) in [6.07, 6.45) is 12.2. The van der Waals surface area contributed by atoms with Crippen molar-refractivity contribution < 1.29 is 4.79 Å². The van der Waals surface area contributed by atoms with Gasteiger partial charge in [-0.1, -0.05) is 11.6 Å². The van der Waals surface area contributed by atoms with Crippen LogP contribution in [0.4, 0.5) is 0 Å². The maximum atomic E-state index is 10.8. The molecule has 0 spiro atoms. The number of hydrogen-bond acceptors (Lipinski definition) is 1. The van der Waals surface area contributed by atoms with Crippen molar-refractivity contribution in [2.75, 3.05) is 0 Å². The van der Waals surface area contributed by atoms with E-state index in [-0.39, 0.29) is 5.78 Å². The lowest BCUT2D eigenvalue weighted by atomic mass is 9.96. The van der Waals surface area contributed by atoms with Crippen LogP contribution in [0, 0.1) is 12.3 Å². The first-order chi connectivity index (χ1) is 5.33. The van der Waals surface area contributed by atoms with E-state index in [0.29, 0.717) is 6.42 Å². The normalized spacial score (nSPS) is 16.8. The van der Waals surface area contributed by atoms with Crippen LogP contribution in [-0.2, 0) is 4.79 Å². The molecule has 0 saturated carbocycles. The first-order valence-electron chi connectivity index (χ1n) is 4.00. The Morgan fingerprint density at radius 3 is 3.00 bits per heavy atom. The molecule has 58 valence electrons. The second-order valence-corrected chi connectivity index (χ2v) is 2.85. The maximum Gasteiger partial charge on any atom is 0.209 e. The number of Topliss-reactive ketones (excluding diaryl/α,β-unsaturated/α-hetero) is 1. The van der Waals surface area contributed by atoms with Gasteiger partial charge in [-0.15, -0.1) is 6.42 Å². The van der Waals surface area contributed by atoms with E-state index < -0.39 is 0 Å². The van der Waals surface area contributed by atoms with E-state index in [4.69, 9.17) is 6.42 Å². The lowest BCUT2D eigenvalue weighted by Gasteiger charge is -2.09. The third-order valence-electron chi connectivity index (χ3n) is 1.93. The quantitative estimate of drug-likeness (QED) is 0.333. The van der Waals surface area contributed by atoms with E-state index in [9.17, 15) is 4.79 Å². The number of terminal acetylenes is 1. The van der Waals surface area contributed by atoms with E-state index >= 15 is 0 Å². The zero-order valence-electron chi connectivity index (χ0n) is 6.60. The predicted octanol–water partition coefficient (Wildman–Crippen LogP) is 2.08. The molecule has 0 N–H and O–H groups in total. The van der Waals surface area contributed by atoms with Crippen LogP contribution < -0.4 is 0 Å². The topological polar surface area (TPSA) is 17.1 Å². The number of carbonyl (C=O) groups is 1. The molecule has 1 heteroatoms. The molecule has 0 aromatic heterocycles. The Labute approximate surface area is 67.5 Å². The minimum absolute atomic E-state index is 0.0850. The SMILES string of the molecule is C#CC(=O)CC1=CCCCC1. The highest BCUT2D eigenvalue weighted by Gasteiger charge is 2.06. The molecular weight excluding hydrogens is 136 g/mol. The highest BCUT2D eigenvalue weighted by molar-refractivity contribution is 5.96. The molecular formula is C10H12O. The van der Waals surface area contributed by atoms with Crippen molar-refractivity contribution in [2.45, 2.75) is 32.1 Å². The van der Waals surface area contributed by atoms with Gasteiger partial charge in [0.1, 0.15) is 0 Å². The van der Waals surface area contributed by atoms with Crippen molar-refractivity contribution in [1.29, 1.82) is 0 Å². The fourth-order valence-corrected chi connectivity index (χ4v) is 1.32.